The fraction of sp³-hybridized carbons (Fsp3) is 0.417. The van der Waals surface area contributed by atoms with Crippen molar-refractivity contribution in [1.29, 1.82) is 0 Å². The number of urea groups is 1. The van der Waals surface area contributed by atoms with E-state index in [4.69, 9.17) is 0 Å². The van der Waals surface area contributed by atoms with Crippen LogP contribution in [0.15, 0.2) is 24.3 Å². The number of phenolic OH excluding ortho intramolecular Hbond substituents is 1. The van der Waals surface area contributed by atoms with Gasteiger partial charge in [0.05, 0.1) is 5.54 Å². The maximum atomic E-state index is 11.6. The first kappa shape index (κ1) is 10.8. The van der Waals surface area contributed by atoms with E-state index in [2.05, 4.69) is 5.32 Å². The van der Waals surface area contributed by atoms with Gasteiger partial charge in [-0.25, -0.2) is 4.79 Å². The molecule has 1 heterocycles. The number of nitrogens with one attached hydrogen (secondary N) is 1. The second-order valence-electron chi connectivity index (χ2n) is 4.36. The number of carbonyl (C=O) groups is 1. The van der Waals surface area contributed by atoms with Gasteiger partial charge < -0.3 is 15.3 Å². The third-order valence-corrected chi connectivity index (χ3v) is 3.42. The number of hydrogen-bond acceptors (Lipinski definition) is 2. The van der Waals surface area contributed by atoms with E-state index in [0.717, 1.165) is 12.0 Å². The summed E-state index contributed by atoms with van der Waals surface area (Å²) in [6.45, 7) is 2.72. The Morgan fingerprint density at radius 3 is 2.62 bits per heavy atom. The van der Waals surface area contributed by atoms with Crippen molar-refractivity contribution in [2.45, 2.75) is 18.9 Å². The number of amides is 2. The molecule has 2 rings (SSSR count). The standard InChI is InChI=1S/C12H16N2O2/c1-12(7-8-13-11(16)14(12)2)9-3-5-10(15)6-4-9/h3-6,15H,7-8H2,1-2H3,(H,13,16). The summed E-state index contributed by atoms with van der Waals surface area (Å²) in [5.41, 5.74) is 0.749. The van der Waals surface area contributed by atoms with Crippen molar-refractivity contribution in [3.63, 3.8) is 0 Å². The number of benzene rings is 1. The zero-order valence-corrected chi connectivity index (χ0v) is 9.53. The molecule has 1 aromatic rings. The Morgan fingerprint density at radius 2 is 2.00 bits per heavy atom. The molecule has 0 saturated carbocycles. The molecule has 16 heavy (non-hydrogen) atoms. The van der Waals surface area contributed by atoms with Crippen molar-refractivity contribution in [2.24, 2.45) is 0 Å². The number of phenols is 1. The molecule has 2 amide bonds. The lowest BCUT2D eigenvalue weighted by atomic mass is 9.86. The molecule has 1 atom stereocenters. The Hall–Kier alpha value is -1.71. The second kappa shape index (κ2) is 3.70. The minimum absolute atomic E-state index is 0.0539. The van der Waals surface area contributed by atoms with Crippen molar-refractivity contribution in [2.75, 3.05) is 13.6 Å². The number of carbonyl (C=O) groups excluding carboxylic acids is 1. The van der Waals surface area contributed by atoms with Crippen LogP contribution in [0.3, 0.4) is 0 Å². The van der Waals surface area contributed by atoms with E-state index in [1.807, 2.05) is 19.1 Å². The summed E-state index contributed by atoms with van der Waals surface area (Å²) in [6, 6.07) is 6.98. The van der Waals surface area contributed by atoms with Gasteiger partial charge in [-0.15, -0.1) is 0 Å². The minimum Gasteiger partial charge on any atom is -0.508 e. The van der Waals surface area contributed by atoms with Gasteiger partial charge in [-0.3, -0.25) is 0 Å². The van der Waals surface area contributed by atoms with E-state index in [0.29, 0.717) is 6.54 Å². The average molecular weight is 220 g/mol. The molecule has 4 nitrogen and oxygen atoms in total. The Kier molecular flexibility index (Phi) is 2.50. The molecule has 86 valence electrons. The molecule has 1 aliphatic rings. The van der Waals surface area contributed by atoms with Gasteiger partial charge in [0.25, 0.3) is 0 Å². The second-order valence-corrected chi connectivity index (χ2v) is 4.36. The topological polar surface area (TPSA) is 52.6 Å². The molecular formula is C12H16N2O2. The zero-order valence-electron chi connectivity index (χ0n) is 9.53. The molecule has 0 aromatic heterocycles. The van der Waals surface area contributed by atoms with Crippen molar-refractivity contribution < 1.29 is 9.90 Å². The van der Waals surface area contributed by atoms with E-state index in [1.54, 1.807) is 24.1 Å². The highest BCUT2D eigenvalue weighted by molar-refractivity contribution is 5.76. The Bertz CT molecular complexity index is 402. The van der Waals surface area contributed by atoms with Crippen LogP contribution in [0.25, 0.3) is 0 Å². The van der Waals surface area contributed by atoms with Crippen LogP contribution in [0.4, 0.5) is 4.79 Å². The fourth-order valence-electron chi connectivity index (χ4n) is 2.08. The van der Waals surface area contributed by atoms with Crippen molar-refractivity contribution in [3.8, 4) is 5.75 Å². The summed E-state index contributed by atoms with van der Waals surface area (Å²) in [5, 5.41) is 12.1. The predicted octanol–water partition coefficient (Wildman–Crippen LogP) is 1.65. The molecule has 1 saturated heterocycles. The third-order valence-electron chi connectivity index (χ3n) is 3.42. The van der Waals surface area contributed by atoms with Crippen LogP contribution in [0.1, 0.15) is 18.9 Å². The van der Waals surface area contributed by atoms with Crippen molar-refractivity contribution in [1.82, 2.24) is 10.2 Å². The zero-order chi connectivity index (χ0) is 11.8. The molecule has 0 bridgehead atoms. The van der Waals surface area contributed by atoms with Gasteiger partial charge in [0, 0.05) is 13.6 Å². The maximum absolute atomic E-state index is 11.6. The summed E-state index contributed by atoms with van der Waals surface area (Å²) in [6.07, 6.45) is 0.861. The van der Waals surface area contributed by atoms with Gasteiger partial charge in [0.1, 0.15) is 5.75 Å². The van der Waals surface area contributed by atoms with Crippen LogP contribution < -0.4 is 5.32 Å². The molecule has 0 aliphatic carbocycles. The lowest BCUT2D eigenvalue weighted by Gasteiger charge is -2.43. The van der Waals surface area contributed by atoms with Gasteiger partial charge in [0.2, 0.25) is 0 Å². The van der Waals surface area contributed by atoms with E-state index < -0.39 is 0 Å². The Labute approximate surface area is 94.9 Å². The first-order valence-electron chi connectivity index (χ1n) is 5.35. The van der Waals surface area contributed by atoms with Gasteiger partial charge in [-0.2, -0.15) is 0 Å². The van der Waals surface area contributed by atoms with E-state index >= 15 is 0 Å². The van der Waals surface area contributed by atoms with Gasteiger partial charge in [0.15, 0.2) is 0 Å². The lowest BCUT2D eigenvalue weighted by molar-refractivity contribution is 0.117. The molecule has 4 heteroatoms. The summed E-state index contributed by atoms with van der Waals surface area (Å²) in [5.74, 6) is 0.246. The van der Waals surface area contributed by atoms with Crippen LogP contribution in [-0.2, 0) is 5.54 Å². The molecular weight excluding hydrogens is 204 g/mol. The molecule has 1 aliphatic heterocycles. The summed E-state index contributed by atoms with van der Waals surface area (Å²) < 4.78 is 0. The molecule has 2 N–H and O–H groups in total. The lowest BCUT2D eigenvalue weighted by Crippen LogP contribution is -2.55. The normalized spacial score (nSPS) is 25.4. The number of aromatic hydroxyl groups is 1. The predicted molar refractivity (Wildman–Crippen MR) is 61.2 cm³/mol. The highest BCUT2D eigenvalue weighted by atomic mass is 16.3. The largest absolute Gasteiger partial charge is 0.508 e. The first-order chi connectivity index (χ1) is 7.54. The summed E-state index contributed by atoms with van der Waals surface area (Å²) in [7, 11) is 1.79. The summed E-state index contributed by atoms with van der Waals surface area (Å²) in [4.78, 5) is 13.3. The molecule has 1 aromatic carbocycles. The van der Waals surface area contributed by atoms with Crippen molar-refractivity contribution in [3.05, 3.63) is 29.8 Å². The van der Waals surface area contributed by atoms with E-state index in [-0.39, 0.29) is 17.3 Å². The van der Waals surface area contributed by atoms with Gasteiger partial charge in [-0.1, -0.05) is 12.1 Å². The molecule has 1 fully saturated rings. The van der Waals surface area contributed by atoms with Crippen LogP contribution in [0.5, 0.6) is 5.75 Å². The van der Waals surface area contributed by atoms with Crippen LogP contribution >= 0.6 is 0 Å². The number of nitrogens with zero attached hydrogens (tertiary/aromatic N) is 1. The van der Waals surface area contributed by atoms with Crippen LogP contribution in [-0.4, -0.2) is 29.6 Å². The van der Waals surface area contributed by atoms with Gasteiger partial charge >= 0.3 is 6.03 Å². The van der Waals surface area contributed by atoms with Crippen LogP contribution in [0.2, 0.25) is 0 Å². The van der Waals surface area contributed by atoms with E-state index in [9.17, 15) is 9.90 Å². The SMILES string of the molecule is CN1C(=O)NCCC1(C)c1ccc(O)cc1. The quantitative estimate of drug-likeness (QED) is 0.756. The average Bonchev–Trinajstić information content (AvgIpc) is 2.27. The number of rotatable bonds is 1. The minimum atomic E-state index is -0.296. The van der Waals surface area contributed by atoms with Crippen molar-refractivity contribution >= 4 is 6.03 Å². The van der Waals surface area contributed by atoms with E-state index in [1.165, 1.54) is 0 Å². The third kappa shape index (κ3) is 1.60. The maximum Gasteiger partial charge on any atom is 0.317 e. The Morgan fingerprint density at radius 1 is 1.38 bits per heavy atom. The molecule has 1 unspecified atom stereocenters. The fourth-order valence-corrected chi connectivity index (χ4v) is 2.08. The van der Waals surface area contributed by atoms with Crippen LogP contribution in [0, 0.1) is 0 Å². The number of hydrogen-bond donors (Lipinski definition) is 2. The molecule has 0 radical (unpaired) electrons. The monoisotopic (exact) mass is 220 g/mol. The smallest absolute Gasteiger partial charge is 0.317 e. The first-order valence-corrected chi connectivity index (χ1v) is 5.35. The Balaban J connectivity index is 2.36. The summed E-state index contributed by atoms with van der Waals surface area (Å²) >= 11 is 0. The van der Waals surface area contributed by atoms with Gasteiger partial charge in [-0.05, 0) is 31.0 Å². The highest BCUT2D eigenvalue weighted by Gasteiger charge is 2.37. The highest BCUT2D eigenvalue weighted by Crippen LogP contribution is 2.33. The molecule has 0 spiro atoms.